The van der Waals surface area contributed by atoms with Crippen molar-refractivity contribution in [3.8, 4) is 0 Å². The Morgan fingerprint density at radius 2 is 2.11 bits per heavy atom. The zero-order chi connectivity index (χ0) is 19.6. The van der Waals surface area contributed by atoms with Crippen LogP contribution in [0.3, 0.4) is 0 Å². The van der Waals surface area contributed by atoms with Gasteiger partial charge in [-0.05, 0) is 25.1 Å². The molecule has 3 rings (SSSR count). The minimum atomic E-state index is -2.78. The highest BCUT2D eigenvalue weighted by Crippen LogP contribution is 2.35. The lowest BCUT2D eigenvalue weighted by Crippen LogP contribution is -2.34. The van der Waals surface area contributed by atoms with E-state index in [1.165, 1.54) is 18.2 Å². The molecule has 0 saturated carbocycles. The number of hydrogen-bond acceptors (Lipinski definition) is 6. The molecule has 0 unspecified atom stereocenters. The van der Waals surface area contributed by atoms with Crippen molar-refractivity contribution < 1.29 is 22.7 Å². The highest BCUT2D eigenvalue weighted by molar-refractivity contribution is 6.02. The number of rotatable bonds is 4. The van der Waals surface area contributed by atoms with Crippen LogP contribution in [-0.4, -0.2) is 28.5 Å². The van der Waals surface area contributed by atoms with Crippen molar-refractivity contribution in [2.45, 2.75) is 25.3 Å². The second-order valence-electron chi connectivity index (χ2n) is 6.10. The number of aliphatic imine (C=N–C) groups is 1. The third-order valence-corrected chi connectivity index (χ3v) is 4.13. The summed E-state index contributed by atoms with van der Waals surface area (Å²) in [5.41, 5.74) is 4.51. The van der Waals surface area contributed by atoms with E-state index in [1.807, 2.05) is 0 Å². The number of anilines is 1. The predicted molar refractivity (Wildman–Crippen MR) is 90.9 cm³/mol. The van der Waals surface area contributed by atoms with Gasteiger partial charge in [-0.2, -0.15) is 0 Å². The average Bonchev–Trinajstić information content (AvgIpc) is 2.63. The zero-order valence-corrected chi connectivity index (χ0v) is 14.2. The van der Waals surface area contributed by atoms with Crippen LogP contribution in [0.2, 0.25) is 0 Å². The summed E-state index contributed by atoms with van der Waals surface area (Å²) in [7, 11) is 0. The fraction of sp³-hybridized carbons (Fsp3) is 0.294. The molecule has 0 bridgehead atoms. The first-order valence-corrected chi connectivity index (χ1v) is 7.98. The highest BCUT2D eigenvalue weighted by Gasteiger charge is 2.33. The number of benzene rings is 1. The van der Waals surface area contributed by atoms with E-state index in [0.717, 1.165) is 12.4 Å². The smallest absolute Gasteiger partial charge is 0.282 e. The van der Waals surface area contributed by atoms with E-state index < -0.39 is 29.4 Å². The van der Waals surface area contributed by atoms with E-state index in [2.05, 4.69) is 20.3 Å². The van der Waals surface area contributed by atoms with Gasteiger partial charge in [-0.3, -0.25) is 9.78 Å². The number of carbonyl (C=O) groups excluding carboxylic acids is 1. The van der Waals surface area contributed by atoms with E-state index in [0.29, 0.717) is 6.42 Å². The minimum Gasteiger partial charge on any atom is -0.465 e. The molecule has 1 amide bonds. The Labute approximate surface area is 152 Å². The topological polar surface area (TPSA) is 102 Å². The molecule has 0 spiro atoms. The summed E-state index contributed by atoms with van der Waals surface area (Å²) in [6, 6.07) is 3.97. The number of amidine groups is 1. The van der Waals surface area contributed by atoms with Gasteiger partial charge in [0.1, 0.15) is 17.2 Å². The van der Waals surface area contributed by atoms with Crippen LogP contribution in [0.4, 0.5) is 18.9 Å². The molecule has 0 radical (unpaired) electrons. The molecule has 1 aromatic carbocycles. The fourth-order valence-electron chi connectivity index (χ4n) is 2.66. The molecule has 0 aliphatic carbocycles. The largest absolute Gasteiger partial charge is 0.465 e. The van der Waals surface area contributed by atoms with Crippen LogP contribution in [0.1, 0.15) is 41.5 Å². The first-order chi connectivity index (χ1) is 12.8. The van der Waals surface area contributed by atoms with Crippen molar-refractivity contribution in [3.05, 3.63) is 53.4 Å². The minimum absolute atomic E-state index is 0.0352. The van der Waals surface area contributed by atoms with Crippen LogP contribution in [-0.2, 0) is 10.3 Å². The van der Waals surface area contributed by atoms with Gasteiger partial charge in [0.15, 0.2) is 0 Å². The number of hydrogen-bond donors (Lipinski definition) is 2. The Bertz CT molecular complexity index is 889. The number of halogens is 3. The third kappa shape index (κ3) is 3.99. The van der Waals surface area contributed by atoms with Crippen LogP contribution in [0.25, 0.3) is 0 Å². The number of aromatic nitrogens is 2. The molecule has 10 heteroatoms. The van der Waals surface area contributed by atoms with Crippen molar-refractivity contribution in [2.75, 3.05) is 11.9 Å². The van der Waals surface area contributed by atoms with Crippen molar-refractivity contribution >= 4 is 17.6 Å². The van der Waals surface area contributed by atoms with E-state index in [4.69, 9.17) is 10.5 Å². The summed E-state index contributed by atoms with van der Waals surface area (Å²) in [4.78, 5) is 23.6. The summed E-state index contributed by atoms with van der Waals surface area (Å²) in [5.74, 6) is -1.17. The third-order valence-electron chi connectivity index (χ3n) is 4.13. The van der Waals surface area contributed by atoms with Gasteiger partial charge >= 0.3 is 0 Å². The standard InChI is InChI=1S/C17H16F3N5O2/c1-17(4-5-27-16(21)25-17)10-6-9(2-3-11(10)18)24-15(26)13-8-22-12(7-23-13)14(19)20/h2-3,6-8,14H,4-5H2,1H3,(H2,21,25)(H,24,26)/t17-/m0/s1. The number of carbonyl (C=O) groups is 1. The summed E-state index contributed by atoms with van der Waals surface area (Å²) < 4.78 is 44.4. The van der Waals surface area contributed by atoms with Gasteiger partial charge in [-0.1, -0.05) is 0 Å². The van der Waals surface area contributed by atoms with Gasteiger partial charge < -0.3 is 15.8 Å². The van der Waals surface area contributed by atoms with Crippen LogP contribution in [0, 0.1) is 5.82 Å². The van der Waals surface area contributed by atoms with E-state index in [9.17, 15) is 18.0 Å². The molecule has 1 aliphatic rings. The van der Waals surface area contributed by atoms with E-state index in [1.54, 1.807) is 6.92 Å². The summed E-state index contributed by atoms with van der Waals surface area (Å²) >= 11 is 0. The monoisotopic (exact) mass is 379 g/mol. The van der Waals surface area contributed by atoms with Gasteiger partial charge in [-0.25, -0.2) is 23.1 Å². The zero-order valence-electron chi connectivity index (χ0n) is 14.2. The lowest BCUT2D eigenvalue weighted by Gasteiger charge is -2.30. The molecule has 2 heterocycles. The number of nitrogens with two attached hydrogens (primary N) is 1. The molecule has 1 aromatic heterocycles. The van der Waals surface area contributed by atoms with E-state index >= 15 is 0 Å². The summed E-state index contributed by atoms with van der Waals surface area (Å²) in [5, 5.41) is 2.54. The van der Waals surface area contributed by atoms with Gasteiger partial charge in [0, 0.05) is 17.7 Å². The maximum Gasteiger partial charge on any atom is 0.282 e. The Balaban J connectivity index is 1.84. The molecule has 0 fully saturated rings. The molecule has 2 aromatic rings. The normalized spacial score (nSPS) is 19.4. The SMILES string of the molecule is C[C@@]1(c2cc(NC(=O)c3cnc(C(F)F)cn3)ccc2F)CCOC(N)=N1. The first kappa shape index (κ1) is 18.6. The Morgan fingerprint density at radius 1 is 1.33 bits per heavy atom. The Hall–Kier alpha value is -3.17. The molecule has 3 N–H and O–H groups in total. The Kier molecular flexibility index (Phi) is 4.98. The maximum absolute atomic E-state index is 14.3. The van der Waals surface area contributed by atoms with Crippen molar-refractivity contribution in [3.63, 3.8) is 0 Å². The second-order valence-corrected chi connectivity index (χ2v) is 6.10. The van der Waals surface area contributed by atoms with Crippen LogP contribution < -0.4 is 11.1 Å². The molecular formula is C17H16F3N5O2. The van der Waals surface area contributed by atoms with Crippen LogP contribution in [0.15, 0.2) is 35.6 Å². The van der Waals surface area contributed by atoms with Crippen molar-refractivity contribution in [1.82, 2.24) is 9.97 Å². The Morgan fingerprint density at radius 3 is 2.74 bits per heavy atom. The molecule has 142 valence electrons. The van der Waals surface area contributed by atoms with Crippen molar-refractivity contribution in [1.29, 1.82) is 0 Å². The fourth-order valence-corrected chi connectivity index (χ4v) is 2.66. The number of nitrogens with one attached hydrogen (secondary N) is 1. The van der Waals surface area contributed by atoms with Crippen molar-refractivity contribution in [2.24, 2.45) is 10.7 Å². The van der Waals surface area contributed by atoms with Gasteiger partial charge in [0.05, 0.1) is 24.5 Å². The van der Waals surface area contributed by atoms with Crippen LogP contribution >= 0.6 is 0 Å². The van der Waals surface area contributed by atoms with Gasteiger partial charge in [-0.15, -0.1) is 0 Å². The maximum atomic E-state index is 14.3. The lowest BCUT2D eigenvalue weighted by atomic mass is 9.88. The quantitative estimate of drug-likeness (QED) is 0.850. The molecule has 1 aliphatic heterocycles. The second kappa shape index (κ2) is 7.22. The summed E-state index contributed by atoms with van der Waals surface area (Å²) in [6.07, 6.45) is -0.590. The molecular weight excluding hydrogens is 363 g/mol. The molecule has 27 heavy (non-hydrogen) atoms. The van der Waals surface area contributed by atoms with Crippen LogP contribution in [0.5, 0.6) is 0 Å². The first-order valence-electron chi connectivity index (χ1n) is 7.98. The number of alkyl halides is 2. The molecule has 1 atom stereocenters. The number of amides is 1. The summed E-state index contributed by atoms with van der Waals surface area (Å²) in [6.45, 7) is 1.99. The van der Waals surface area contributed by atoms with Gasteiger partial charge in [0.2, 0.25) is 0 Å². The van der Waals surface area contributed by atoms with Gasteiger partial charge in [0.25, 0.3) is 18.4 Å². The number of nitrogens with zero attached hydrogens (tertiary/aromatic N) is 3. The number of ether oxygens (including phenoxy) is 1. The lowest BCUT2D eigenvalue weighted by molar-refractivity contribution is 0.102. The predicted octanol–water partition coefficient (Wildman–Crippen LogP) is 2.76. The van der Waals surface area contributed by atoms with E-state index in [-0.39, 0.29) is 29.6 Å². The average molecular weight is 379 g/mol. The molecule has 7 nitrogen and oxygen atoms in total. The highest BCUT2D eigenvalue weighted by atomic mass is 19.3. The molecule has 0 saturated heterocycles.